The third-order valence-electron chi connectivity index (χ3n) is 5.87. The lowest BCUT2D eigenvalue weighted by atomic mass is 10.1. The number of carbonyl (C=O) groups is 2. The van der Waals surface area contributed by atoms with E-state index in [1.807, 2.05) is 31.2 Å². The molecule has 0 saturated heterocycles. The van der Waals surface area contributed by atoms with Crippen molar-refractivity contribution in [3.63, 3.8) is 0 Å². The number of carbonyl (C=O) groups excluding carboxylic acids is 2. The molecule has 3 rings (SSSR count). The van der Waals surface area contributed by atoms with Crippen LogP contribution in [-0.4, -0.2) is 44.8 Å². The molecule has 0 spiro atoms. The molecule has 1 unspecified atom stereocenters. The van der Waals surface area contributed by atoms with Gasteiger partial charge in [0.15, 0.2) is 0 Å². The minimum atomic E-state index is -4.17. The topological polar surface area (TPSA) is 86.8 Å². The van der Waals surface area contributed by atoms with Gasteiger partial charge in [-0.05, 0) is 49.2 Å². The zero-order chi connectivity index (χ0) is 27.2. The first kappa shape index (κ1) is 28.5. The maximum atomic E-state index is 13.8. The van der Waals surface area contributed by atoms with Crippen LogP contribution in [0.1, 0.15) is 24.5 Å². The van der Waals surface area contributed by atoms with Crippen molar-refractivity contribution < 1.29 is 18.0 Å². The van der Waals surface area contributed by atoms with Crippen molar-refractivity contribution in [3.8, 4) is 0 Å². The number of benzene rings is 3. The highest BCUT2D eigenvalue weighted by Crippen LogP contribution is 2.31. The minimum Gasteiger partial charge on any atom is -0.357 e. The molecule has 0 saturated carbocycles. The van der Waals surface area contributed by atoms with Crippen molar-refractivity contribution in [2.75, 3.05) is 17.9 Å². The predicted molar refractivity (Wildman–Crippen MR) is 147 cm³/mol. The van der Waals surface area contributed by atoms with Crippen LogP contribution < -0.4 is 9.62 Å². The average Bonchev–Trinajstić information content (AvgIpc) is 2.89. The Morgan fingerprint density at radius 1 is 0.946 bits per heavy atom. The molecule has 7 nitrogen and oxygen atoms in total. The summed E-state index contributed by atoms with van der Waals surface area (Å²) in [7, 11) is -2.66. The molecule has 2 amide bonds. The summed E-state index contributed by atoms with van der Waals surface area (Å²) in [5, 5.41) is 3.00. The molecule has 1 N–H and O–H groups in total. The Morgan fingerprint density at radius 2 is 1.65 bits per heavy atom. The van der Waals surface area contributed by atoms with Gasteiger partial charge in [0, 0.05) is 13.6 Å². The van der Waals surface area contributed by atoms with Gasteiger partial charge in [-0.3, -0.25) is 13.9 Å². The van der Waals surface area contributed by atoms with Crippen LogP contribution in [-0.2, 0) is 26.2 Å². The Labute approximate surface area is 228 Å². The Morgan fingerprint density at radius 3 is 2.24 bits per heavy atom. The molecule has 0 radical (unpaired) electrons. The van der Waals surface area contributed by atoms with Crippen molar-refractivity contribution in [3.05, 3.63) is 94.0 Å². The molecule has 0 aromatic heterocycles. The lowest BCUT2D eigenvalue weighted by Gasteiger charge is -2.33. The quantitative estimate of drug-likeness (QED) is 0.375. The third kappa shape index (κ3) is 6.83. The van der Waals surface area contributed by atoms with Gasteiger partial charge in [-0.15, -0.1) is 0 Å². The van der Waals surface area contributed by atoms with Crippen LogP contribution >= 0.6 is 23.2 Å². The smallest absolute Gasteiger partial charge is 0.264 e. The second-order valence-corrected chi connectivity index (χ2v) is 11.1. The number of nitrogens with one attached hydrogen (secondary N) is 1. The first-order valence-electron chi connectivity index (χ1n) is 11.7. The molecule has 37 heavy (non-hydrogen) atoms. The number of nitrogens with zero attached hydrogens (tertiary/aromatic N) is 2. The Balaban J connectivity index is 2.07. The van der Waals surface area contributed by atoms with Gasteiger partial charge in [0.05, 0.1) is 20.6 Å². The molecule has 0 fully saturated rings. The maximum Gasteiger partial charge on any atom is 0.264 e. The van der Waals surface area contributed by atoms with E-state index in [0.717, 1.165) is 15.4 Å². The van der Waals surface area contributed by atoms with Gasteiger partial charge in [0.1, 0.15) is 12.6 Å². The van der Waals surface area contributed by atoms with E-state index in [0.29, 0.717) is 6.42 Å². The van der Waals surface area contributed by atoms with Gasteiger partial charge in [-0.2, -0.15) is 0 Å². The zero-order valence-corrected chi connectivity index (χ0v) is 23.1. The van der Waals surface area contributed by atoms with Crippen molar-refractivity contribution in [2.45, 2.75) is 37.8 Å². The van der Waals surface area contributed by atoms with E-state index in [-0.39, 0.29) is 33.1 Å². The fraction of sp³-hybridized carbons (Fsp3) is 0.259. The Hall–Kier alpha value is -3.07. The van der Waals surface area contributed by atoms with Crippen LogP contribution in [0.4, 0.5) is 5.69 Å². The molecule has 0 heterocycles. The van der Waals surface area contributed by atoms with E-state index in [1.54, 1.807) is 25.1 Å². The van der Waals surface area contributed by atoms with Crippen LogP contribution in [0.2, 0.25) is 10.0 Å². The molecule has 0 aliphatic heterocycles. The monoisotopic (exact) mass is 561 g/mol. The predicted octanol–water partition coefficient (Wildman–Crippen LogP) is 5.05. The number of anilines is 1. The number of aryl methyl sites for hydroxylation is 1. The van der Waals surface area contributed by atoms with Crippen LogP contribution in [0.5, 0.6) is 0 Å². The molecule has 1 atom stereocenters. The number of sulfonamides is 1. The molecular formula is C27H29Cl2N3O4S. The summed E-state index contributed by atoms with van der Waals surface area (Å²) >= 11 is 12.3. The molecule has 3 aromatic carbocycles. The number of halogens is 2. The summed E-state index contributed by atoms with van der Waals surface area (Å²) in [5.41, 5.74) is 2.00. The van der Waals surface area contributed by atoms with Gasteiger partial charge in [0.25, 0.3) is 10.0 Å². The number of hydrogen-bond acceptors (Lipinski definition) is 4. The molecule has 10 heteroatoms. The average molecular weight is 563 g/mol. The lowest BCUT2D eigenvalue weighted by Crippen LogP contribution is -2.51. The third-order valence-corrected chi connectivity index (χ3v) is 8.40. The van der Waals surface area contributed by atoms with Crippen LogP contribution in [0, 0.1) is 6.92 Å². The molecule has 0 aliphatic carbocycles. The van der Waals surface area contributed by atoms with Crippen molar-refractivity contribution >= 4 is 50.7 Å². The second kappa shape index (κ2) is 12.4. The van der Waals surface area contributed by atoms with Crippen LogP contribution in [0.15, 0.2) is 77.7 Å². The van der Waals surface area contributed by atoms with Gasteiger partial charge in [-0.25, -0.2) is 8.42 Å². The second-order valence-electron chi connectivity index (χ2n) is 8.47. The Bertz CT molecular complexity index is 1370. The van der Waals surface area contributed by atoms with Crippen LogP contribution in [0.25, 0.3) is 0 Å². The van der Waals surface area contributed by atoms with Gasteiger partial charge in [-0.1, -0.05) is 78.2 Å². The number of likely N-dealkylation sites (N-methyl/N-ethyl adjacent to an activating group) is 1. The summed E-state index contributed by atoms with van der Waals surface area (Å²) in [5.74, 6) is -0.877. The highest BCUT2D eigenvalue weighted by atomic mass is 35.5. The molecule has 196 valence electrons. The highest BCUT2D eigenvalue weighted by molar-refractivity contribution is 7.92. The summed E-state index contributed by atoms with van der Waals surface area (Å²) in [6, 6.07) is 19.0. The molecule has 0 bridgehead atoms. The largest absolute Gasteiger partial charge is 0.357 e. The van der Waals surface area contributed by atoms with E-state index in [9.17, 15) is 18.0 Å². The molecule has 0 aliphatic rings. The lowest BCUT2D eigenvalue weighted by molar-refractivity contribution is -0.140. The summed E-state index contributed by atoms with van der Waals surface area (Å²) < 4.78 is 28.4. The zero-order valence-electron chi connectivity index (χ0n) is 20.8. The SMILES string of the molecule is CCC(C(=O)NC)N(Cc1cccc(C)c1)C(=O)CN(c1ccc(Cl)c(Cl)c1)S(=O)(=O)c1ccccc1. The Kier molecular flexibility index (Phi) is 9.59. The summed E-state index contributed by atoms with van der Waals surface area (Å²) in [6.45, 7) is 3.32. The van der Waals surface area contributed by atoms with E-state index in [2.05, 4.69) is 5.32 Å². The summed E-state index contributed by atoms with van der Waals surface area (Å²) in [6.07, 6.45) is 0.343. The first-order chi connectivity index (χ1) is 17.6. The van der Waals surface area contributed by atoms with E-state index in [1.165, 1.54) is 42.3 Å². The van der Waals surface area contributed by atoms with Gasteiger partial charge in [0.2, 0.25) is 11.8 Å². The maximum absolute atomic E-state index is 13.8. The fourth-order valence-corrected chi connectivity index (χ4v) is 5.70. The van der Waals surface area contributed by atoms with E-state index < -0.39 is 28.5 Å². The normalized spacial score (nSPS) is 12.0. The standard InChI is InChI=1S/C27H29Cl2N3O4S/c1-4-25(27(34)30-3)31(17-20-10-8-9-19(2)15-20)26(33)18-32(21-13-14-23(28)24(29)16-21)37(35,36)22-11-6-5-7-12-22/h5-16,25H,4,17-18H2,1-3H3,(H,30,34). The van der Waals surface area contributed by atoms with E-state index >= 15 is 0 Å². The molecular weight excluding hydrogens is 533 g/mol. The van der Waals surface area contributed by atoms with Crippen molar-refractivity contribution in [2.24, 2.45) is 0 Å². The van der Waals surface area contributed by atoms with E-state index in [4.69, 9.17) is 23.2 Å². The molecule has 3 aromatic rings. The minimum absolute atomic E-state index is 0.0115. The first-order valence-corrected chi connectivity index (χ1v) is 13.9. The highest BCUT2D eigenvalue weighted by Gasteiger charge is 2.33. The number of rotatable bonds is 10. The van der Waals surface area contributed by atoms with Gasteiger partial charge < -0.3 is 10.2 Å². The summed E-state index contributed by atoms with van der Waals surface area (Å²) in [4.78, 5) is 28.0. The number of amides is 2. The fourth-order valence-electron chi connectivity index (χ4n) is 3.98. The van der Waals surface area contributed by atoms with Gasteiger partial charge >= 0.3 is 0 Å². The van der Waals surface area contributed by atoms with Crippen molar-refractivity contribution in [1.82, 2.24) is 10.2 Å². The van der Waals surface area contributed by atoms with Crippen LogP contribution in [0.3, 0.4) is 0 Å². The number of hydrogen-bond donors (Lipinski definition) is 1. The van der Waals surface area contributed by atoms with Crippen molar-refractivity contribution in [1.29, 1.82) is 0 Å².